The van der Waals surface area contributed by atoms with Crippen LogP contribution in [0.3, 0.4) is 0 Å². The number of benzene rings is 1. The number of hydrogen-bond donors (Lipinski definition) is 1. The first-order chi connectivity index (χ1) is 11.9. The van der Waals surface area contributed by atoms with Crippen LogP contribution in [0, 0.1) is 0 Å². The Bertz CT molecular complexity index is 986. The maximum Gasteiger partial charge on any atom is 0.216 e. The van der Waals surface area contributed by atoms with E-state index in [0.29, 0.717) is 16.3 Å². The number of nitrogens with zero attached hydrogens (tertiary/aromatic N) is 3. The standard InChI is InChI=1S/C17H17ClN4O2S/c1-22-11-15(9-20-22)17-14(5-3-7-19-17)10-21-25(23,24)12-13-4-2-6-16(18)8-13/h2-9,11,21H,10,12H2,1H3. The quantitative estimate of drug-likeness (QED) is 0.717. The molecule has 0 unspecified atom stereocenters. The van der Waals surface area contributed by atoms with Crippen LogP contribution < -0.4 is 4.72 Å². The number of sulfonamides is 1. The summed E-state index contributed by atoms with van der Waals surface area (Å²) in [6.45, 7) is 0.154. The highest BCUT2D eigenvalue weighted by Gasteiger charge is 2.14. The Labute approximate surface area is 151 Å². The molecule has 8 heteroatoms. The summed E-state index contributed by atoms with van der Waals surface area (Å²) in [6, 6.07) is 10.4. The highest BCUT2D eigenvalue weighted by atomic mass is 35.5. The number of pyridine rings is 1. The molecule has 0 saturated carbocycles. The molecule has 0 aliphatic carbocycles. The van der Waals surface area contributed by atoms with E-state index < -0.39 is 10.0 Å². The van der Waals surface area contributed by atoms with E-state index in [4.69, 9.17) is 11.6 Å². The summed E-state index contributed by atoms with van der Waals surface area (Å²) in [6.07, 6.45) is 5.21. The van der Waals surface area contributed by atoms with Crippen LogP contribution in [0.2, 0.25) is 5.02 Å². The smallest absolute Gasteiger partial charge is 0.216 e. The highest BCUT2D eigenvalue weighted by molar-refractivity contribution is 7.88. The van der Waals surface area contributed by atoms with Crippen molar-refractivity contribution in [2.45, 2.75) is 12.3 Å². The Morgan fingerprint density at radius 1 is 1.24 bits per heavy atom. The lowest BCUT2D eigenvalue weighted by atomic mass is 10.1. The van der Waals surface area contributed by atoms with Crippen LogP contribution in [0.5, 0.6) is 0 Å². The molecule has 0 atom stereocenters. The molecule has 0 radical (unpaired) electrons. The van der Waals surface area contributed by atoms with Crippen molar-refractivity contribution in [3.63, 3.8) is 0 Å². The van der Waals surface area contributed by atoms with Gasteiger partial charge in [0.05, 0.1) is 17.6 Å². The van der Waals surface area contributed by atoms with E-state index in [1.54, 1.807) is 47.4 Å². The van der Waals surface area contributed by atoms with E-state index in [-0.39, 0.29) is 12.3 Å². The van der Waals surface area contributed by atoms with Gasteiger partial charge in [-0.05, 0) is 29.3 Å². The Morgan fingerprint density at radius 3 is 2.80 bits per heavy atom. The topological polar surface area (TPSA) is 76.9 Å². The number of nitrogens with one attached hydrogen (secondary N) is 1. The van der Waals surface area contributed by atoms with Gasteiger partial charge in [-0.2, -0.15) is 5.10 Å². The number of aryl methyl sites for hydroxylation is 1. The van der Waals surface area contributed by atoms with Crippen LogP contribution in [0.4, 0.5) is 0 Å². The molecule has 0 spiro atoms. The van der Waals surface area contributed by atoms with Crippen molar-refractivity contribution in [2.24, 2.45) is 7.05 Å². The molecule has 0 saturated heterocycles. The predicted octanol–water partition coefficient (Wildman–Crippen LogP) is 2.76. The van der Waals surface area contributed by atoms with Gasteiger partial charge in [0.2, 0.25) is 10.0 Å². The van der Waals surface area contributed by atoms with E-state index in [0.717, 1.165) is 11.1 Å². The van der Waals surface area contributed by atoms with E-state index in [1.165, 1.54) is 0 Å². The van der Waals surface area contributed by atoms with Crippen molar-refractivity contribution in [2.75, 3.05) is 0 Å². The Hall–Kier alpha value is -2.22. The highest BCUT2D eigenvalue weighted by Crippen LogP contribution is 2.20. The molecule has 0 aliphatic rings. The molecule has 2 aromatic heterocycles. The maximum absolute atomic E-state index is 12.3. The zero-order chi connectivity index (χ0) is 17.9. The SMILES string of the molecule is Cn1cc(-c2ncccc2CNS(=O)(=O)Cc2cccc(Cl)c2)cn1. The fraction of sp³-hybridized carbons (Fsp3) is 0.176. The zero-order valence-electron chi connectivity index (χ0n) is 13.6. The van der Waals surface area contributed by atoms with Gasteiger partial charge in [-0.25, -0.2) is 13.1 Å². The molecule has 3 rings (SSSR count). The van der Waals surface area contributed by atoms with Crippen LogP contribution in [-0.4, -0.2) is 23.2 Å². The Morgan fingerprint density at radius 2 is 2.08 bits per heavy atom. The van der Waals surface area contributed by atoms with Crippen molar-refractivity contribution in [1.82, 2.24) is 19.5 Å². The molecule has 2 heterocycles. The summed E-state index contributed by atoms with van der Waals surface area (Å²) in [5.74, 6) is -0.129. The fourth-order valence-corrected chi connectivity index (χ4v) is 3.78. The Balaban J connectivity index is 1.75. The summed E-state index contributed by atoms with van der Waals surface area (Å²) in [5.41, 5.74) is 2.97. The van der Waals surface area contributed by atoms with Gasteiger partial charge < -0.3 is 0 Å². The van der Waals surface area contributed by atoms with Crippen LogP contribution in [0.25, 0.3) is 11.3 Å². The average molecular weight is 377 g/mol. The minimum atomic E-state index is -3.50. The van der Waals surface area contributed by atoms with E-state index in [2.05, 4.69) is 14.8 Å². The van der Waals surface area contributed by atoms with Gasteiger partial charge in [0, 0.05) is 36.6 Å². The van der Waals surface area contributed by atoms with Gasteiger partial charge in [0.25, 0.3) is 0 Å². The maximum atomic E-state index is 12.3. The second kappa shape index (κ2) is 7.35. The van der Waals surface area contributed by atoms with Crippen molar-refractivity contribution < 1.29 is 8.42 Å². The number of aromatic nitrogens is 3. The first kappa shape index (κ1) is 17.6. The predicted molar refractivity (Wildman–Crippen MR) is 97.4 cm³/mol. The third-order valence-corrected chi connectivity index (χ3v) is 5.13. The van der Waals surface area contributed by atoms with E-state index in [9.17, 15) is 8.42 Å². The van der Waals surface area contributed by atoms with Gasteiger partial charge >= 0.3 is 0 Å². The third kappa shape index (κ3) is 4.66. The van der Waals surface area contributed by atoms with Crippen molar-refractivity contribution >= 4 is 21.6 Å². The molecular formula is C17H17ClN4O2S. The molecular weight excluding hydrogens is 360 g/mol. The third-order valence-electron chi connectivity index (χ3n) is 3.60. The lowest BCUT2D eigenvalue weighted by Crippen LogP contribution is -2.25. The van der Waals surface area contributed by atoms with Crippen LogP contribution in [-0.2, 0) is 29.4 Å². The molecule has 130 valence electrons. The summed E-state index contributed by atoms with van der Waals surface area (Å²) in [7, 11) is -1.68. The first-order valence-corrected chi connectivity index (χ1v) is 9.61. The summed E-state index contributed by atoms with van der Waals surface area (Å²) in [5, 5.41) is 4.65. The number of hydrogen-bond acceptors (Lipinski definition) is 4. The zero-order valence-corrected chi connectivity index (χ0v) is 15.1. The van der Waals surface area contributed by atoms with Crippen molar-refractivity contribution in [1.29, 1.82) is 0 Å². The lowest BCUT2D eigenvalue weighted by Gasteiger charge is -2.10. The van der Waals surface area contributed by atoms with Gasteiger partial charge in [0.15, 0.2) is 0 Å². The molecule has 1 N–H and O–H groups in total. The van der Waals surface area contributed by atoms with E-state index in [1.807, 2.05) is 19.3 Å². The molecule has 0 amide bonds. The molecule has 0 fully saturated rings. The summed E-state index contributed by atoms with van der Waals surface area (Å²) >= 11 is 5.91. The molecule has 0 bridgehead atoms. The summed E-state index contributed by atoms with van der Waals surface area (Å²) in [4.78, 5) is 4.35. The second-order valence-corrected chi connectivity index (χ2v) is 7.87. The van der Waals surface area contributed by atoms with Crippen molar-refractivity contribution in [3.8, 4) is 11.3 Å². The average Bonchev–Trinajstić information content (AvgIpc) is 2.99. The molecule has 25 heavy (non-hydrogen) atoms. The van der Waals surface area contributed by atoms with Crippen LogP contribution in [0.15, 0.2) is 55.0 Å². The second-order valence-electron chi connectivity index (χ2n) is 5.62. The lowest BCUT2D eigenvalue weighted by molar-refractivity contribution is 0.580. The van der Waals surface area contributed by atoms with Gasteiger partial charge in [0.1, 0.15) is 0 Å². The fourth-order valence-electron chi connectivity index (χ4n) is 2.47. The van der Waals surface area contributed by atoms with Crippen LogP contribution in [0.1, 0.15) is 11.1 Å². The molecule has 1 aromatic carbocycles. The van der Waals surface area contributed by atoms with Crippen molar-refractivity contribution in [3.05, 3.63) is 71.1 Å². The Kier molecular flexibility index (Phi) is 5.17. The van der Waals surface area contributed by atoms with Gasteiger partial charge in [-0.3, -0.25) is 9.67 Å². The monoisotopic (exact) mass is 376 g/mol. The first-order valence-electron chi connectivity index (χ1n) is 7.58. The normalized spacial score (nSPS) is 11.6. The summed E-state index contributed by atoms with van der Waals surface area (Å²) < 4.78 is 29.0. The van der Waals surface area contributed by atoms with Crippen LogP contribution >= 0.6 is 11.6 Å². The van der Waals surface area contributed by atoms with E-state index >= 15 is 0 Å². The molecule has 0 aliphatic heterocycles. The largest absolute Gasteiger partial charge is 0.275 e. The van der Waals surface area contributed by atoms with Gasteiger partial charge in [-0.1, -0.05) is 29.8 Å². The van der Waals surface area contributed by atoms with Gasteiger partial charge in [-0.15, -0.1) is 0 Å². The number of rotatable bonds is 6. The number of halogens is 1. The molecule has 6 nitrogen and oxygen atoms in total. The minimum absolute atomic E-state index is 0.129. The minimum Gasteiger partial charge on any atom is -0.275 e. The molecule has 3 aromatic rings.